The van der Waals surface area contributed by atoms with Crippen molar-refractivity contribution in [2.24, 2.45) is 0 Å². The van der Waals surface area contributed by atoms with Gasteiger partial charge in [0.05, 0.1) is 23.8 Å². The van der Waals surface area contributed by atoms with Gasteiger partial charge in [0.1, 0.15) is 0 Å². The minimum atomic E-state index is 0.0258. The molecule has 0 aromatic carbocycles. The Morgan fingerprint density at radius 1 is 1.50 bits per heavy atom. The summed E-state index contributed by atoms with van der Waals surface area (Å²) in [7, 11) is 3.70. The van der Waals surface area contributed by atoms with Crippen LogP contribution in [0.25, 0.3) is 0 Å². The number of ether oxygens (including phenoxy) is 2. The van der Waals surface area contributed by atoms with Gasteiger partial charge in [-0.1, -0.05) is 11.3 Å². The van der Waals surface area contributed by atoms with E-state index in [0.717, 1.165) is 41.8 Å². The van der Waals surface area contributed by atoms with Gasteiger partial charge in [0.15, 0.2) is 5.13 Å². The summed E-state index contributed by atoms with van der Waals surface area (Å²) in [5.41, 5.74) is 0.846. The maximum absolute atomic E-state index is 9.33. The van der Waals surface area contributed by atoms with Crippen molar-refractivity contribution in [2.75, 3.05) is 32.3 Å². The molecule has 2 rings (SSSR count). The summed E-state index contributed by atoms with van der Waals surface area (Å²) in [6.07, 6.45) is 2.06. The highest BCUT2D eigenvalue weighted by Crippen LogP contribution is 2.29. The van der Waals surface area contributed by atoms with Gasteiger partial charge in [-0.05, 0) is 12.8 Å². The predicted molar refractivity (Wildman–Crippen MR) is 71.0 cm³/mol. The third kappa shape index (κ3) is 3.00. The lowest BCUT2D eigenvalue weighted by Crippen LogP contribution is -2.36. The number of aliphatic hydroxyl groups is 1. The Balaban J connectivity index is 2.11. The maximum Gasteiger partial charge on any atom is 0.185 e. The van der Waals surface area contributed by atoms with E-state index in [0.29, 0.717) is 12.6 Å². The van der Waals surface area contributed by atoms with Gasteiger partial charge in [-0.15, -0.1) is 0 Å². The zero-order valence-electron chi connectivity index (χ0n) is 10.9. The van der Waals surface area contributed by atoms with Crippen molar-refractivity contribution in [1.82, 2.24) is 4.98 Å². The van der Waals surface area contributed by atoms with E-state index < -0.39 is 0 Å². The molecule has 1 fully saturated rings. The minimum absolute atomic E-state index is 0.0258. The molecule has 18 heavy (non-hydrogen) atoms. The van der Waals surface area contributed by atoms with E-state index >= 15 is 0 Å². The van der Waals surface area contributed by atoms with Crippen LogP contribution in [0.1, 0.15) is 23.4 Å². The van der Waals surface area contributed by atoms with Crippen LogP contribution in [0, 0.1) is 0 Å². The molecule has 1 saturated heterocycles. The second kappa shape index (κ2) is 6.47. The van der Waals surface area contributed by atoms with Crippen LogP contribution in [0.5, 0.6) is 0 Å². The van der Waals surface area contributed by atoms with Crippen LogP contribution >= 0.6 is 11.3 Å². The highest BCUT2D eigenvalue weighted by molar-refractivity contribution is 7.15. The second-order valence-corrected chi connectivity index (χ2v) is 5.47. The molecule has 1 aromatic rings. The van der Waals surface area contributed by atoms with Crippen LogP contribution in [0.15, 0.2) is 0 Å². The van der Waals surface area contributed by atoms with E-state index in [1.165, 1.54) is 0 Å². The molecule has 1 aromatic heterocycles. The minimum Gasteiger partial charge on any atom is -0.391 e. The van der Waals surface area contributed by atoms with E-state index in [2.05, 4.69) is 16.9 Å². The first-order valence-electron chi connectivity index (χ1n) is 6.15. The fourth-order valence-corrected chi connectivity index (χ4v) is 3.08. The van der Waals surface area contributed by atoms with Crippen LogP contribution in [-0.2, 0) is 22.7 Å². The molecule has 0 radical (unpaired) electrons. The van der Waals surface area contributed by atoms with Crippen LogP contribution in [0.3, 0.4) is 0 Å². The molecule has 1 aliphatic rings. The molecule has 0 spiro atoms. The number of hydrogen-bond donors (Lipinski definition) is 1. The number of aromatic nitrogens is 1. The number of aliphatic hydroxyl groups excluding tert-OH is 1. The molecule has 0 saturated carbocycles. The van der Waals surface area contributed by atoms with Crippen molar-refractivity contribution in [3.05, 3.63) is 10.6 Å². The highest BCUT2D eigenvalue weighted by Gasteiger charge is 2.22. The monoisotopic (exact) mass is 272 g/mol. The van der Waals surface area contributed by atoms with Crippen LogP contribution < -0.4 is 4.90 Å². The van der Waals surface area contributed by atoms with Gasteiger partial charge >= 0.3 is 0 Å². The Labute approximate surface area is 111 Å². The first-order chi connectivity index (χ1) is 8.76. The highest BCUT2D eigenvalue weighted by atomic mass is 32.1. The molecule has 102 valence electrons. The Kier molecular flexibility index (Phi) is 4.94. The van der Waals surface area contributed by atoms with Crippen LogP contribution in [0.4, 0.5) is 5.13 Å². The molecule has 1 aliphatic heterocycles. The molecule has 5 nitrogen and oxygen atoms in total. The SMILES string of the molecule is COCc1nc(N(C)C2CCOCC2)sc1CO. The Morgan fingerprint density at radius 3 is 2.83 bits per heavy atom. The zero-order valence-corrected chi connectivity index (χ0v) is 11.7. The van der Waals surface area contributed by atoms with Gasteiger partial charge in [0.2, 0.25) is 0 Å². The lowest BCUT2D eigenvalue weighted by Gasteiger charge is -2.30. The van der Waals surface area contributed by atoms with Crippen molar-refractivity contribution >= 4 is 16.5 Å². The van der Waals surface area contributed by atoms with E-state index in [4.69, 9.17) is 9.47 Å². The molecule has 0 unspecified atom stereocenters. The summed E-state index contributed by atoms with van der Waals surface area (Å²) in [5.74, 6) is 0. The third-order valence-electron chi connectivity index (χ3n) is 3.23. The van der Waals surface area contributed by atoms with Gasteiger partial charge in [0.25, 0.3) is 0 Å². The summed E-state index contributed by atoms with van der Waals surface area (Å²) in [6.45, 7) is 2.11. The molecular formula is C12H20N2O3S. The normalized spacial score (nSPS) is 17.1. The summed E-state index contributed by atoms with van der Waals surface area (Å²) >= 11 is 1.55. The van der Waals surface area contributed by atoms with Crippen molar-refractivity contribution in [3.63, 3.8) is 0 Å². The van der Waals surface area contributed by atoms with Crippen LogP contribution in [0.2, 0.25) is 0 Å². The number of methoxy groups -OCH3 is 1. The molecule has 0 bridgehead atoms. The standard InChI is InChI=1S/C12H20N2O3S/c1-14(9-3-5-17-6-4-9)12-13-10(8-16-2)11(7-15)18-12/h9,15H,3-8H2,1-2H3. The number of nitrogens with zero attached hydrogens (tertiary/aromatic N) is 2. The molecule has 1 N–H and O–H groups in total. The molecular weight excluding hydrogens is 252 g/mol. The Hall–Kier alpha value is -0.690. The van der Waals surface area contributed by atoms with Gasteiger partial charge in [-0.3, -0.25) is 0 Å². The first kappa shape index (κ1) is 13.7. The largest absolute Gasteiger partial charge is 0.391 e. The lowest BCUT2D eigenvalue weighted by molar-refractivity contribution is 0.0854. The smallest absolute Gasteiger partial charge is 0.185 e. The third-order valence-corrected chi connectivity index (χ3v) is 4.40. The number of anilines is 1. The molecule has 2 heterocycles. The average molecular weight is 272 g/mol. The zero-order chi connectivity index (χ0) is 13.0. The van der Waals surface area contributed by atoms with Gasteiger partial charge in [0, 0.05) is 33.4 Å². The van der Waals surface area contributed by atoms with E-state index in [-0.39, 0.29) is 6.61 Å². The first-order valence-corrected chi connectivity index (χ1v) is 6.97. The quantitative estimate of drug-likeness (QED) is 0.878. The Morgan fingerprint density at radius 2 is 2.22 bits per heavy atom. The summed E-state index contributed by atoms with van der Waals surface area (Å²) in [5, 5.41) is 10.3. The maximum atomic E-state index is 9.33. The number of thiazole rings is 1. The van der Waals surface area contributed by atoms with Crippen molar-refractivity contribution in [3.8, 4) is 0 Å². The van der Waals surface area contributed by atoms with E-state index in [1.54, 1.807) is 18.4 Å². The number of rotatable bonds is 5. The predicted octanol–water partition coefficient (Wildman–Crippen LogP) is 1.40. The fourth-order valence-electron chi connectivity index (χ4n) is 2.12. The molecule has 0 aliphatic carbocycles. The van der Waals surface area contributed by atoms with Crippen LogP contribution in [-0.4, -0.2) is 43.5 Å². The average Bonchev–Trinajstić information content (AvgIpc) is 2.82. The molecule has 0 atom stereocenters. The van der Waals surface area contributed by atoms with Gasteiger partial charge < -0.3 is 19.5 Å². The van der Waals surface area contributed by atoms with Crippen molar-refractivity contribution in [1.29, 1.82) is 0 Å². The topological polar surface area (TPSA) is 54.8 Å². The fraction of sp³-hybridized carbons (Fsp3) is 0.750. The van der Waals surface area contributed by atoms with Gasteiger partial charge in [-0.25, -0.2) is 4.98 Å². The molecule has 6 heteroatoms. The summed E-state index contributed by atoms with van der Waals surface area (Å²) in [4.78, 5) is 7.66. The summed E-state index contributed by atoms with van der Waals surface area (Å²) in [6, 6.07) is 0.479. The van der Waals surface area contributed by atoms with Crippen molar-refractivity contribution < 1.29 is 14.6 Å². The summed E-state index contributed by atoms with van der Waals surface area (Å²) < 4.78 is 10.5. The number of hydrogen-bond acceptors (Lipinski definition) is 6. The van der Waals surface area contributed by atoms with E-state index in [1.807, 2.05) is 0 Å². The lowest BCUT2D eigenvalue weighted by atomic mass is 10.1. The Bertz CT molecular complexity index is 377. The van der Waals surface area contributed by atoms with Gasteiger partial charge in [-0.2, -0.15) is 0 Å². The van der Waals surface area contributed by atoms with E-state index in [9.17, 15) is 5.11 Å². The van der Waals surface area contributed by atoms with Crippen molar-refractivity contribution in [2.45, 2.75) is 32.1 Å². The second-order valence-electron chi connectivity index (χ2n) is 4.41. The molecule has 0 amide bonds.